The van der Waals surface area contributed by atoms with E-state index in [-0.39, 0.29) is 12.8 Å². The van der Waals surface area contributed by atoms with E-state index < -0.39 is 66.2 Å². The highest BCUT2D eigenvalue weighted by Crippen LogP contribution is 2.10. The number of aliphatic carboxylic acids is 2. The molecule has 2 rings (SSSR count). The van der Waals surface area contributed by atoms with Crippen molar-refractivity contribution in [3.05, 3.63) is 36.4 Å². The van der Waals surface area contributed by atoms with Gasteiger partial charge in [-0.05, 0) is 5.92 Å². The molecule has 5 atom stereocenters. The molecule has 15 nitrogen and oxygen atoms in total. The summed E-state index contributed by atoms with van der Waals surface area (Å²) in [7, 11) is 0. The Morgan fingerprint density at radius 1 is 0.892 bits per heavy atom. The Morgan fingerprint density at radius 3 is 1.92 bits per heavy atom. The van der Waals surface area contributed by atoms with Gasteiger partial charge in [0.05, 0.1) is 25.1 Å². The molecule has 3 amide bonds. The highest BCUT2D eigenvalue weighted by atomic mass is 16.4. The number of nitrogens with zero attached hydrogens (tertiary/aromatic N) is 2. The van der Waals surface area contributed by atoms with Crippen LogP contribution in [0.5, 0.6) is 0 Å². The third-order valence-electron chi connectivity index (χ3n) is 5.73. The number of H-pyrrole nitrogens is 2. The second-order valence-corrected chi connectivity index (χ2v) is 8.60. The highest BCUT2D eigenvalue weighted by Gasteiger charge is 2.33. The average Bonchev–Trinajstić information content (AvgIpc) is 3.54. The summed E-state index contributed by atoms with van der Waals surface area (Å²) < 4.78 is 0. The molecule has 2 aromatic rings. The van der Waals surface area contributed by atoms with Crippen LogP contribution in [0.4, 0.5) is 0 Å². The number of carboxylic acid groups (broad SMARTS) is 2. The lowest BCUT2D eigenvalue weighted by molar-refractivity contribution is -0.144. The lowest BCUT2D eigenvalue weighted by atomic mass is 9.98. The first-order valence-electron chi connectivity index (χ1n) is 11.6. The molecule has 0 aromatic carbocycles. The van der Waals surface area contributed by atoms with Gasteiger partial charge in [-0.2, -0.15) is 0 Å². The van der Waals surface area contributed by atoms with E-state index in [0.717, 1.165) is 0 Å². The summed E-state index contributed by atoms with van der Waals surface area (Å²) in [4.78, 5) is 75.0. The van der Waals surface area contributed by atoms with Crippen LogP contribution in [-0.4, -0.2) is 84.0 Å². The Labute approximate surface area is 212 Å². The zero-order valence-electron chi connectivity index (χ0n) is 20.4. The second-order valence-electron chi connectivity index (χ2n) is 8.60. The van der Waals surface area contributed by atoms with E-state index in [1.807, 2.05) is 0 Å². The van der Waals surface area contributed by atoms with E-state index in [4.69, 9.17) is 5.73 Å². The molecule has 0 bridgehead atoms. The third kappa shape index (κ3) is 9.03. The largest absolute Gasteiger partial charge is 0.481 e. The van der Waals surface area contributed by atoms with Crippen LogP contribution in [0.15, 0.2) is 25.0 Å². The Morgan fingerprint density at radius 2 is 1.43 bits per heavy atom. The number of rotatable bonds is 15. The van der Waals surface area contributed by atoms with Gasteiger partial charge in [-0.3, -0.25) is 19.2 Å². The zero-order valence-corrected chi connectivity index (χ0v) is 20.4. The quantitative estimate of drug-likeness (QED) is 0.132. The number of nitrogens with one attached hydrogen (secondary N) is 5. The first-order valence-corrected chi connectivity index (χ1v) is 11.6. The molecule has 0 radical (unpaired) electrons. The molecule has 15 heteroatoms. The van der Waals surface area contributed by atoms with Crippen LogP contribution in [0.3, 0.4) is 0 Å². The topological polar surface area (TPSA) is 245 Å². The van der Waals surface area contributed by atoms with Crippen molar-refractivity contribution in [1.29, 1.82) is 0 Å². The van der Waals surface area contributed by atoms with Gasteiger partial charge in [-0.1, -0.05) is 20.3 Å². The Balaban J connectivity index is 2.18. The first-order chi connectivity index (χ1) is 17.5. The molecule has 0 aliphatic rings. The van der Waals surface area contributed by atoms with Gasteiger partial charge in [0.1, 0.15) is 18.1 Å². The number of carbonyl (C=O) groups is 5. The summed E-state index contributed by atoms with van der Waals surface area (Å²) in [5.74, 6) is -5.56. The van der Waals surface area contributed by atoms with Crippen LogP contribution < -0.4 is 21.7 Å². The van der Waals surface area contributed by atoms with Crippen molar-refractivity contribution < 1.29 is 34.2 Å². The van der Waals surface area contributed by atoms with Gasteiger partial charge in [0.25, 0.3) is 0 Å². The normalized spacial score (nSPS) is 15.0. The molecule has 0 aliphatic carbocycles. The molecule has 37 heavy (non-hydrogen) atoms. The SMILES string of the molecule is CCC(C)C(NC(=O)C(Cc1cnc[nH]1)NC(=O)C(CC(=O)O)NC(=O)C(N)Cc1cnc[nH]1)C(=O)O. The number of amides is 3. The Hall–Kier alpha value is -4.27. The Kier molecular flexibility index (Phi) is 10.7. The number of nitrogens with two attached hydrogens (primary N) is 1. The van der Waals surface area contributed by atoms with E-state index in [1.165, 1.54) is 25.0 Å². The standard InChI is InChI=1S/C22H32N8O7/c1-3-11(2)18(22(36)37)30-21(35)15(5-13-8-25-10-27-13)29-20(34)16(6-17(31)32)28-19(33)14(23)4-12-7-24-9-26-12/h7-11,14-16,18H,3-6,23H2,1-2H3,(H,24,26)(H,25,27)(H,28,33)(H,29,34)(H,30,35)(H,31,32)(H,36,37). The summed E-state index contributed by atoms with van der Waals surface area (Å²) in [6, 6.07) is -5.18. The molecule has 5 unspecified atom stereocenters. The molecule has 2 aromatic heterocycles. The molecule has 0 fully saturated rings. The maximum absolute atomic E-state index is 13.0. The van der Waals surface area contributed by atoms with Gasteiger partial charge in [0, 0.05) is 36.6 Å². The molecule has 0 spiro atoms. The van der Waals surface area contributed by atoms with E-state index in [2.05, 4.69) is 35.9 Å². The van der Waals surface area contributed by atoms with Crippen molar-refractivity contribution in [2.45, 2.75) is 63.7 Å². The van der Waals surface area contributed by atoms with Gasteiger partial charge in [0.15, 0.2) is 0 Å². The van der Waals surface area contributed by atoms with Crippen molar-refractivity contribution in [3.8, 4) is 0 Å². The molecular weight excluding hydrogens is 488 g/mol. The Bertz CT molecular complexity index is 1060. The maximum atomic E-state index is 13.0. The van der Waals surface area contributed by atoms with Crippen molar-refractivity contribution in [2.24, 2.45) is 11.7 Å². The molecule has 2 heterocycles. The molecule has 0 aliphatic heterocycles. The van der Waals surface area contributed by atoms with Crippen LogP contribution in [-0.2, 0) is 36.8 Å². The van der Waals surface area contributed by atoms with Gasteiger partial charge < -0.3 is 41.9 Å². The molecular formula is C22H32N8O7. The zero-order chi connectivity index (χ0) is 27.5. The molecule has 9 N–H and O–H groups in total. The summed E-state index contributed by atoms with van der Waals surface area (Å²) in [6.45, 7) is 3.43. The van der Waals surface area contributed by atoms with Crippen molar-refractivity contribution in [3.63, 3.8) is 0 Å². The van der Waals surface area contributed by atoms with Crippen molar-refractivity contribution >= 4 is 29.7 Å². The van der Waals surface area contributed by atoms with Gasteiger partial charge in [-0.15, -0.1) is 0 Å². The van der Waals surface area contributed by atoms with Crippen molar-refractivity contribution in [1.82, 2.24) is 35.9 Å². The number of aromatic nitrogens is 4. The number of imidazole rings is 2. The van der Waals surface area contributed by atoms with Crippen molar-refractivity contribution in [2.75, 3.05) is 0 Å². The molecule has 0 saturated heterocycles. The number of hydrogen-bond acceptors (Lipinski definition) is 8. The van der Waals surface area contributed by atoms with Crippen LogP contribution >= 0.6 is 0 Å². The van der Waals surface area contributed by atoms with E-state index in [1.54, 1.807) is 13.8 Å². The maximum Gasteiger partial charge on any atom is 0.326 e. The first kappa shape index (κ1) is 29.0. The summed E-state index contributed by atoms with van der Waals surface area (Å²) >= 11 is 0. The fraction of sp³-hybridized carbons (Fsp3) is 0.500. The second kappa shape index (κ2) is 13.7. The summed E-state index contributed by atoms with van der Waals surface area (Å²) in [6.07, 6.45) is 5.30. The molecule has 202 valence electrons. The predicted octanol–water partition coefficient (Wildman–Crippen LogP) is -1.69. The number of aromatic amines is 2. The average molecular weight is 521 g/mol. The minimum absolute atomic E-state index is 0.0598. The van der Waals surface area contributed by atoms with E-state index in [9.17, 15) is 34.2 Å². The van der Waals surface area contributed by atoms with Crippen LogP contribution in [0, 0.1) is 5.92 Å². The minimum atomic E-state index is -1.56. The lowest BCUT2D eigenvalue weighted by Gasteiger charge is -2.26. The monoisotopic (exact) mass is 520 g/mol. The lowest BCUT2D eigenvalue weighted by Crippen LogP contribution is -2.58. The van der Waals surface area contributed by atoms with E-state index >= 15 is 0 Å². The highest BCUT2D eigenvalue weighted by molar-refractivity contribution is 5.95. The fourth-order valence-corrected chi connectivity index (χ4v) is 3.42. The number of carbonyl (C=O) groups excluding carboxylic acids is 3. The fourth-order valence-electron chi connectivity index (χ4n) is 3.42. The van der Waals surface area contributed by atoms with Gasteiger partial charge in [-0.25, -0.2) is 14.8 Å². The third-order valence-corrected chi connectivity index (χ3v) is 5.73. The summed E-state index contributed by atoms with van der Waals surface area (Å²) in [5.41, 5.74) is 6.90. The van der Waals surface area contributed by atoms with Crippen LogP contribution in [0.2, 0.25) is 0 Å². The van der Waals surface area contributed by atoms with E-state index in [0.29, 0.717) is 17.8 Å². The van der Waals surface area contributed by atoms with Gasteiger partial charge in [0.2, 0.25) is 17.7 Å². The van der Waals surface area contributed by atoms with Gasteiger partial charge >= 0.3 is 11.9 Å². The van der Waals surface area contributed by atoms with Crippen LogP contribution in [0.25, 0.3) is 0 Å². The minimum Gasteiger partial charge on any atom is -0.481 e. The molecule has 0 saturated carbocycles. The number of carboxylic acids is 2. The predicted molar refractivity (Wildman–Crippen MR) is 128 cm³/mol. The number of hydrogen-bond donors (Lipinski definition) is 8. The summed E-state index contributed by atoms with van der Waals surface area (Å²) in [5, 5.41) is 26.0. The van der Waals surface area contributed by atoms with Crippen LogP contribution in [0.1, 0.15) is 38.1 Å². The smallest absolute Gasteiger partial charge is 0.326 e.